The molecule has 0 aliphatic carbocycles. The van der Waals surface area contributed by atoms with Gasteiger partial charge in [-0.15, -0.1) is 0 Å². The highest BCUT2D eigenvalue weighted by atomic mass is 19.1. The van der Waals surface area contributed by atoms with E-state index in [4.69, 9.17) is 5.73 Å². The van der Waals surface area contributed by atoms with Crippen LogP contribution in [-0.2, 0) is 12.8 Å². The van der Waals surface area contributed by atoms with E-state index in [1.165, 1.54) is 11.6 Å². The van der Waals surface area contributed by atoms with Crippen LogP contribution in [0.15, 0.2) is 48.7 Å². The van der Waals surface area contributed by atoms with Gasteiger partial charge in [0.25, 0.3) is 0 Å². The highest BCUT2D eigenvalue weighted by Gasteiger charge is 2.14. The van der Waals surface area contributed by atoms with Gasteiger partial charge in [-0.25, -0.2) is 4.39 Å². The van der Waals surface area contributed by atoms with Gasteiger partial charge in [0, 0.05) is 17.1 Å². The molecule has 22 heavy (non-hydrogen) atoms. The number of nitrogens with zero attached hydrogens (tertiary/aromatic N) is 1. The lowest BCUT2D eigenvalue weighted by atomic mass is 9.91. The van der Waals surface area contributed by atoms with Crippen LogP contribution in [0.1, 0.15) is 18.1 Å². The summed E-state index contributed by atoms with van der Waals surface area (Å²) in [5, 5.41) is 1.13. The summed E-state index contributed by atoms with van der Waals surface area (Å²) in [5.74, 6) is -0.236. The molecule has 0 bridgehead atoms. The third-order valence-electron chi connectivity index (χ3n) is 3.97. The maximum absolute atomic E-state index is 13.7. The molecule has 0 atom stereocenters. The highest BCUT2D eigenvalue weighted by Crippen LogP contribution is 2.34. The van der Waals surface area contributed by atoms with Crippen LogP contribution in [0.2, 0.25) is 0 Å². The van der Waals surface area contributed by atoms with E-state index >= 15 is 0 Å². The van der Waals surface area contributed by atoms with Crippen LogP contribution in [0.5, 0.6) is 0 Å². The molecule has 3 heteroatoms. The second-order valence-corrected chi connectivity index (χ2v) is 5.37. The van der Waals surface area contributed by atoms with Crippen molar-refractivity contribution in [1.82, 2.24) is 4.98 Å². The maximum Gasteiger partial charge on any atom is 0.123 e. The molecule has 3 aromatic rings. The predicted octanol–water partition coefficient (Wildman–Crippen LogP) is 4.10. The Labute approximate surface area is 129 Å². The smallest absolute Gasteiger partial charge is 0.123 e. The largest absolute Gasteiger partial charge is 0.330 e. The topological polar surface area (TPSA) is 38.9 Å². The maximum atomic E-state index is 13.7. The Kier molecular flexibility index (Phi) is 4.16. The molecular weight excluding hydrogens is 275 g/mol. The third kappa shape index (κ3) is 2.60. The van der Waals surface area contributed by atoms with Crippen LogP contribution in [0.4, 0.5) is 4.39 Å². The fourth-order valence-electron chi connectivity index (χ4n) is 2.99. The zero-order chi connectivity index (χ0) is 15.5. The van der Waals surface area contributed by atoms with Crippen LogP contribution in [0, 0.1) is 5.82 Å². The number of benzene rings is 2. The summed E-state index contributed by atoms with van der Waals surface area (Å²) in [5.41, 5.74) is 11.0. The van der Waals surface area contributed by atoms with Crippen molar-refractivity contribution in [2.24, 2.45) is 5.73 Å². The molecule has 2 aromatic carbocycles. The Hall–Kier alpha value is -2.26. The summed E-state index contributed by atoms with van der Waals surface area (Å²) in [7, 11) is 0. The first kappa shape index (κ1) is 14.7. The number of pyridine rings is 1. The van der Waals surface area contributed by atoms with E-state index in [2.05, 4.69) is 24.0 Å². The number of fused-ring (bicyclic) bond motifs is 1. The molecule has 112 valence electrons. The average molecular weight is 294 g/mol. The predicted molar refractivity (Wildman–Crippen MR) is 89.3 cm³/mol. The Balaban J connectivity index is 2.37. The molecule has 2 N–H and O–H groups in total. The van der Waals surface area contributed by atoms with Gasteiger partial charge >= 0.3 is 0 Å². The Morgan fingerprint density at radius 3 is 2.68 bits per heavy atom. The second-order valence-electron chi connectivity index (χ2n) is 5.37. The number of nitrogens with two attached hydrogens (primary N) is 1. The molecule has 0 aliphatic rings. The summed E-state index contributed by atoms with van der Waals surface area (Å²) in [6.45, 7) is 2.69. The van der Waals surface area contributed by atoms with Gasteiger partial charge in [0.1, 0.15) is 5.82 Å². The van der Waals surface area contributed by atoms with Crippen LogP contribution in [0.25, 0.3) is 22.0 Å². The highest BCUT2D eigenvalue weighted by molar-refractivity contribution is 5.97. The lowest BCUT2D eigenvalue weighted by Gasteiger charge is -2.15. The van der Waals surface area contributed by atoms with Gasteiger partial charge in [-0.2, -0.15) is 0 Å². The van der Waals surface area contributed by atoms with Crippen molar-refractivity contribution in [2.45, 2.75) is 19.8 Å². The number of aryl methyl sites for hydroxylation is 1. The van der Waals surface area contributed by atoms with Crippen molar-refractivity contribution < 1.29 is 4.39 Å². The van der Waals surface area contributed by atoms with Crippen LogP contribution >= 0.6 is 0 Å². The fraction of sp³-hybridized carbons (Fsp3) is 0.211. The first-order valence-corrected chi connectivity index (χ1v) is 7.60. The minimum Gasteiger partial charge on any atom is -0.330 e. The average Bonchev–Trinajstić information content (AvgIpc) is 2.54. The van der Waals surface area contributed by atoms with E-state index in [0.29, 0.717) is 6.54 Å². The molecule has 0 unspecified atom stereocenters. The van der Waals surface area contributed by atoms with E-state index in [9.17, 15) is 4.39 Å². The number of rotatable bonds is 4. The zero-order valence-electron chi connectivity index (χ0n) is 12.6. The van der Waals surface area contributed by atoms with Gasteiger partial charge in [-0.05, 0) is 54.3 Å². The van der Waals surface area contributed by atoms with E-state index in [1.807, 2.05) is 12.1 Å². The van der Waals surface area contributed by atoms with Crippen molar-refractivity contribution >= 4 is 10.9 Å². The molecule has 0 amide bonds. The van der Waals surface area contributed by atoms with Crippen molar-refractivity contribution in [3.05, 3.63) is 65.6 Å². The molecule has 2 nitrogen and oxygen atoms in total. The molecule has 0 fully saturated rings. The minimum atomic E-state index is -0.236. The van der Waals surface area contributed by atoms with E-state index < -0.39 is 0 Å². The van der Waals surface area contributed by atoms with Crippen LogP contribution in [0.3, 0.4) is 0 Å². The third-order valence-corrected chi connectivity index (χ3v) is 3.97. The lowest BCUT2D eigenvalue weighted by Crippen LogP contribution is -2.06. The molecular formula is C19H19FN2. The van der Waals surface area contributed by atoms with Crippen molar-refractivity contribution in [1.29, 1.82) is 0 Å². The summed E-state index contributed by atoms with van der Waals surface area (Å²) < 4.78 is 13.7. The Morgan fingerprint density at radius 1 is 1.09 bits per heavy atom. The molecule has 0 radical (unpaired) electrons. The minimum absolute atomic E-state index is 0.236. The second kappa shape index (κ2) is 6.24. The van der Waals surface area contributed by atoms with Crippen molar-refractivity contribution in [3.63, 3.8) is 0 Å². The standard InChI is InChI=1S/C19H19FN2/c1-2-13-11-15(8-9-21)18(14-5-3-6-16(20)12-14)19-17(13)7-4-10-22-19/h3-7,10-12H,2,8-9,21H2,1H3. The Morgan fingerprint density at radius 2 is 1.95 bits per heavy atom. The van der Waals surface area contributed by atoms with Crippen LogP contribution in [-0.4, -0.2) is 11.5 Å². The summed E-state index contributed by atoms with van der Waals surface area (Å²) in [6, 6.07) is 12.9. The fourth-order valence-corrected chi connectivity index (χ4v) is 2.99. The molecule has 1 aromatic heterocycles. The number of hydrogen-bond donors (Lipinski definition) is 1. The molecule has 0 saturated carbocycles. The quantitative estimate of drug-likeness (QED) is 0.786. The first-order chi connectivity index (χ1) is 10.7. The van der Waals surface area contributed by atoms with E-state index in [0.717, 1.165) is 40.4 Å². The van der Waals surface area contributed by atoms with E-state index in [1.54, 1.807) is 18.3 Å². The first-order valence-electron chi connectivity index (χ1n) is 7.60. The molecule has 0 aliphatic heterocycles. The van der Waals surface area contributed by atoms with Gasteiger partial charge in [-0.3, -0.25) is 4.98 Å². The SMILES string of the molecule is CCc1cc(CCN)c(-c2cccc(F)c2)c2ncccc12. The molecule has 3 rings (SSSR count). The van der Waals surface area contributed by atoms with Gasteiger partial charge in [-0.1, -0.05) is 31.2 Å². The monoisotopic (exact) mass is 294 g/mol. The van der Waals surface area contributed by atoms with Gasteiger partial charge < -0.3 is 5.73 Å². The summed E-state index contributed by atoms with van der Waals surface area (Å²) in [4.78, 5) is 4.58. The molecule has 0 saturated heterocycles. The molecule has 1 heterocycles. The molecule has 0 spiro atoms. The number of halogens is 1. The van der Waals surface area contributed by atoms with Gasteiger partial charge in [0.05, 0.1) is 5.52 Å². The number of hydrogen-bond acceptors (Lipinski definition) is 2. The lowest BCUT2D eigenvalue weighted by molar-refractivity contribution is 0.628. The summed E-state index contributed by atoms with van der Waals surface area (Å²) >= 11 is 0. The van der Waals surface area contributed by atoms with Crippen molar-refractivity contribution in [3.8, 4) is 11.1 Å². The number of aromatic nitrogens is 1. The normalized spacial score (nSPS) is 11.0. The van der Waals surface area contributed by atoms with E-state index in [-0.39, 0.29) is 5.82 Å². The van der Waals surface area contributed by atoms with Gasteiger partial charge in [0.2, 0.25) is 0 Å². The van der Waals surface area contributed by atoms with Crippen molar-refractivity contribution in [2.75, 3.05) is 6.54 Å². The zero-order valence-corrected chi connectivity index (χ0v) is 12.6. The van der Waals surface area contributed by atoms with Crippen LogP contribution < -0.4 is 5.73 Å². The summed E-state index contributed by atoms with van der Waals surface area (Å²) in [6.07, 6.45) is 3.48. The Bertz CT molecular complexity index is 812. The van der Waals surface area contributed by atoms with Gasteiger partial charge in [0.15, 0.2) is 0 Å².